The second kappa shape index (κ2) is 6.48. The number of piperidine rings is 1. The molecule has 0 spiro atoms. The zero-order valence-electron chi connectivity index (χ0n) is 14.4. The largest absolute Gasteiger partial charge is 0.326 e. The lowest BCUT2D eigenvalue weighted by Crippen LogP contribution is -2.46. The van der Waals surface area contributed by atoms with Crippen molar-refractivity contribution in [2.75, 3.05) is 33.2 Å². The minimum Gasteiger partial charge on any atom is -0.326 e. The van der Waals surface area contributed by atoms with Crippen molar-refractivity contribution in [2.45, 2.75) is 25.4 Å². The van der Waals surface area contributed by atoms with Gasteiger partial charge in [-0.2, -0.15) is 0 Å². The molecule has 2 aliphatic rings. The number of carbonyl (C=O) groups is 1. The number of likely N-dealkylation sites (N-methyl/N-ethyl adjacent to an activating group) is 1. The standard InChI is InChI=1S/C18H23N5O2/c1-21-10-11-23(18(21)25)13-6-8-22(9-7-13)12-16-19-15-5-3-2-4-14(15)17(24)20-16/h2-5,13H,6-12H2,1H3,(H,19,20,24). The van der Waals surface area contributed by atoms with Gasteiger partial charge in [0.1, 0.15) is 5.82 Å². The predicted molar refractivity (Wildman–Crippen MR) is 95.4 cm³/mol. The van der Waals surface area contributed by atoms with E-state index in [-0.39, 0.29) is 11.6 Å². The first-order chi connectivity index (χ1) is 12.1. The number of nitrogens with one attached hydrogen (secondary N) is 1. The Morgan fingerprint density at radius 1 is 1.12 bits per heavy atom. The van der Waals surface area contributed by atoms with Crippen molar-refractivity contribution in [3.63, 3.8) is 0 Å². The molecule has 1 N–H and O–H groups in total. The highest BCUT2D eigenvalue weighted by atomic mass is 16.2. The van der Waals surface area contributed by atoms with E-state index in [2.05, 4.69) is 14.9 Å². The molecule has 2 fully saturated rings. The van der Waals surface area contributed by atoms with Gasteiger partial charge < -0.3 is 14.8 Å². The van der Waals surface area contributed by atoms with Gasteiger partial charge in [0.05, 0.1) is 17.4 Å². The molecule has 2 aromatic rings. The fraction of sp³-hybridized carbons (Fsp3) is 0.500. The number of rotatable bonds is 3. The van der Waals surface area contributed by atoms with E-state index in [1.54, 1.807) is 11.0 Å². The molecule has 7 heteroatoms. The van der Waals surface area contributed by atoms with E-state index in [4.69, 9.17) is 0 Å². The van der Waals surface area contributed by atoms with Crippen molar-refractivity contribution in [1.82, 2.24) is 24.7 Å². The fourth-order valence-electron chi connectivity index (χ4n) is 3.82. The third-order valence-corrected chi connectivity index (χ3v) is 5.28. The molecule has 0 saturated carbocycles. The van der Waals surface area contributed by atoms with Gasteiger partial charge in [-0.25, -0.2) is 9.78 Å². The molecule has 2 amide bonds. The van der Waals surface area contributed by atoms with Crippen molar-refractivity contribution in [3.05, 3.63) is 40.4 Å². The zero-order valence-corrected chi connectivity index (χ0v) is 14.4. The number of urea groups is 1. The van der Waals surface area contributed by atoms with E-state index in [0.29, 0.717) is 23.8 Å². The lowest BCUT2D eigenvalue weighted by atomic mass is 10.0. The maximum absolute atomic E-state index is 12.2. The minimum atomic E-state index is -0.0822. The fourth-order valence-corrected chi connectivity index (χ4v) is 3.82. The third kappa shape index (κ3) is 3.11. The molecule has 0 radical (unpaired) electrons. The number of hydrogen-bond acceptors (Lipinski definition) is 4. The molecule has 0 aliphatic carbocycles. The van der Waals surface area contributed by atoms with Crippen LogP contribution in [-0.2, 0) is 6.54 Å². The molecule has 1 aromatic heterocycles. The molecule has 2 saturated heterocycles. The monoisotopic (exact) mass is 341 g/mol. The van der Waals surface area contributed by atoms with E-state index in [1.807, 2.05) is 30.1 Å². The van der Waals surface area contributed by atoms with Gasteiger partial charge in [-0.1, -0.05) is 12.1 Å². The van der Waals surface area contributed by atoms with E-state index in [9.17, 15) is 9.59 Å². The van der Waals surface area contributed by atoms with Gasteiger partial charge in [-0.3, -0.25) is 9.69 Å². The van der Waals surface area contributed by atoms with Crippen molar-refractivity contribution in [1.29, 1.82) is 0 Å². The first-order valence-corrected chi connectivity index (χ1v) is 8.84. The van der Waals surface area contributed by atoms with Crippen LogP contribution in [0.2, 0.25) is 0 Å². The van der Waals surface area contributed by atoms with Crippen molar-refractivity contribution < 1.29 is 4.79 Å². The van der Waals surface area contributed by atoms with Crippen LogP contribution in [0.15, 0.2) is 29.1 Å². The first-order valence-electron chi connectivity index (χ1n) is 8.84. The smallest absolute Gasteiger partial charge is 0.320 e. The summed E-state index contributed by atoms with van der Waals surface area (Å²) in [5.41, 5.74) is 0.656. The summed E-state index contributed by atoms with van der Waals surface area (Å²) in [5.74, 6) is 0.708. The molecule has 2 aliphatic heterocycles. The highest BCUT2D eigenvalue weighted by molar-refractivity contribution is 5.77. The average molecular weight is 341 g/mol. The molecule has 7 nitrogen and oxygen atoms in total. The zero-order chi connectivity index (χ0) is 17.4. The lowest BCUT2D eigenvalue weighted by Gasteiger charge is -2.36. The Bertz CT molecular complexity index is 841. The number of amides is 2. The lowest BCUT2D eigenvalue weighted by molar-refractivity contribution is 0.126. The number of carbonyl (C=O) groups excluding carboxylic acids is 1. The maximum Gasteiger partial charge on any atom is 0.320 e. The number of hydrogen-bond donors (Lipinski definition) is 1. The molecule has 25 heavy (non-hydrogen) atoms. The van der Waals surface area contributed by atoms with Crippen LogP contribution in [0.1, 0.15) is 18.7 Å². The van der Waals surface area contributed by atoms with Crippen LogP contribution in [0.25, 0.3) is 10.9 Å². The summed E-state index contributed by atoms with van der Waals surface area (Å²) in [6, 6.07) is 7.89. The Kier molecular flexibility index (Phi) is 4.17. The van der Waals surface area contributed by atoms with Crippen LogP contribution in [0, 0.1) is 0 Å². The third-order valence-electron chi connectivity index (χ3n) is 5.28. The van der Waals surface area contributed by atoms with Crippen LogP contribution in [0.3, 0.4) is 0 Å². The van der Waals surface area contributed by atoms with Crippen LogP contribution >= 0.6 is 0 Å². The van der Waals surface area contributed by atoms with Gasteiger partial charge >= 0.3 is 6.03 Å². The van der Waals surface area contributed by atoms with Crippen LogP contribution in [0.5, 0.6) is 0 Å². The number of aromatic amines is 1. The minimum absolute atomic E-state index is 0.0822. The number of nitrogens with zero attached hydrogens (tertiary/aromatic N) is 4. The molecule has 0 bridgehead atoms. The number of H-pyrrole nitrogens is 1. The quantitative estimate of drug-likeness (QED) is 0.912. The summed E-state index contributed by atoms with van der Waals surface area (Å²) in [6.45, 7) is 4.12. The number of likely N-dealkylation sites (tertiary alicyclic amines) is 1. The Balaban J connectivity index is 1.40. The Labute approximate surface area is 146 Å². The summed E-state index contributed by atoms with van der Waals surface area (Å²) >= 11 is 0. The van der Waals surface area contributed by atoms with Gasteiger partial charge in [-0.15, -0.1) is 0 Å². The summed E-state index contributed by atoms with van der Waals surface area (Å²) in [5, 5.41) is 0.627. The Morgan fingerprint density at radius 2 is 1.88 bits per heavy atom. The maximum atomic E-state index is 12.2. The highest BCUT2D eigenvalue weighted by Crippen LogP contribution is 2.21. The Morgan fingerprint density at radius 3 is 2.60 bits per heavy atom. The van der Waals surface area contributed by atoms with Gasteiger partial charge in [-0.05, 0) is 25.0 Å². The first kappa shape index (κ1) is 16.1. The van der Waals surface area contributed by atoms with E-state index in [1.165, 1.54) is 0 Å². The SMILES string of the molecule is CN1CCN(C2CCN(Cc3nc4ccccc4c(=O)[nH]3)CC2)C1=O. The number of benzene rings is 1. The number of fused-ring (bicyclic) bond motifs is 1. The second-order valence-corrected chi connectivity index (χ2v) is 6.93. The molecule has 4 rings (SSSR count). The Hall–Kier alpha value is -2.41. The van der Waals surface area contributed by atoms with E-state index >= 15 is 0 Å². The predicted octanol–water partition coefficient (Wildman–Crippen LogP) is 1.25. The number of aromatic nitrogens is 2. The molecular weight excluding hydrogens is 318 g/mol. The van der Waals surface area contributed by atoms with Crippen LogP contribution in [-0.4, -0.2) is 70.0 Å². The molecule has 0 unspecified atom stereocenters. The summed E-state index contributed by atoms with van der Waals surface area (Å²) in [4.78, 5) is 37.9. The van der Waals surface area contributed by atoms with Gasteiger partial charge in [0, 0.05) is 39.3 Å². The molecule has 1 aromatic carbocycles. The normalized spacial score (nSPS) is 20.0. The summed E-state index contributed by atoms with van der Waals surface area (Å²) < 4.78 is 0. The number of para-hydroxylation sites is 1. The van der Waals surface area contributed by atoms with Crippen molar-refractivity contribution >= 4 is 16.9 Å². The van der Waals surface area contributed by atoms with Crippen LogP contribution < -0.4 is 5.56 Å². The summed E-state index contributed by atoms with van der Waals surface area (Å²) in [6.07, 6.45) is 1.94. The second-order valence-electron chi connectivity index (χ2n) is 6.93. The van der Waals surface area contributed by atoms with Crippen LogP contribution in [0.4, 0.5) is 4.79 Å². The van der Waals surface area contributed by atoms with Gasteiger partial charge in [0.15, 0.2) is 0 Å². The van der Waals surface area contributed by atoms with E-state index < -0.39 is 0 Å². The van der Waals surface area contributed by atoms with E-state index in [0.717, 1.165) is 44.5 Å². The summed E-state index contributed by atoms with van der Waals surface area (Å²) in [7, 11) is 1.86. The molecule has 3 heterocycles. The van der Waals surface area contributed by atoms with Gasteiger partial charge in [0.25, 0.3) is 5.56 Å². The van der Waals surface area contributed by atoms with Crippen molar-refractivity contribution in [2.24, 2.45) is 0 Å². The topological polar surface area (TPSA) is 72.5 Å². The van der Waals surface area contributed by atoms with Crippen molar-refractivity contribution in [3.8, 4) is 0 Å². The van der Waals surface area contributed by atoms with Gasteiger partial charge in [0.2, 0.25) is 0 Å². The molecule has 132 valence electrons. The highest BCUT2D eigenvalue weighted by Gasteiger charge is 2.33. The molecule has 0 atom stereocenters. The molecular formula is C18H23N5O2. The average Bonchev–Trinajstić information content (AvgIpc) is 2.95.